The Morgan fingerprint density at radius 3 is 1.97 bits per heavy atom. The molecule has 5 heterocycles. The van der Waals surface area contributed by atoms with Crippen molar-refractivity contribution >= 4 is 114 Å². The highest BCUT2D eigenvalue weighted by Gasteiger charge is 2.47. The molecule has 5 heteroatoms. The lowest BCUT2D eigenvalue weighted by Crippen LogP contribution is -2.60. The molecule has 0 unspecified atom stereocenters. The molecule has 0 fully saturated rings. The number of fused-ring (bicyclic) bond motifs is 19. The molecule has 14 rings (SSSR count). The van der Waals surface area contributed by atoms with Crippen LogP contribution in [0.2, 0.25) is 0 Å². The third kappa shape index (κ3) is 4.66. The molecule has 0 saturated carbocycles. The van der Waals surface area contributed by atoms with Gasteiger partial charge >= 0.3 is 6.85 Å². The fourth-order valence-electron chi connectivity index (χ4n) is 12.1. The zero-order valence-electron chi connectivity index (χ0n) is 37.6. The van der Waals surface area contributed by atoms with Crippen LogP contribution in [-0.4, -0.2) is 11.4 Å². The lowest BCUT2D eigenvalue weighted by molar-refractivity contribution is 0.590. The summed E-state index contributed by atoms with van der Waals surface area (Å²) in [6.45, 7) is 18.8. The quantitative estimate of drug-likeness (QED) is 0.149. The molecular weight excluding hydrogens is 812 g/mol. The molecule has 0 amide bonds. The molecular formula is C59H47BN2S2. The summed E-state index contributed by atoms with van der Waals surface area (Å²) in [6.07, 6.45) is 0. The van der Waals surface area contributed by atoms with E-state index in [1.54, 1.807) is 0 Å². The first-order valence-electron chi connectivity index (χ1n) is 22.9. The van der Waals surface area contributed by atoms with E-state index in [0.717, 1.165) is 0 Å². The molecule has 0 N–H and O–H groups in total. The van der Waals surface area contributed by atoms with Crippen LogP contribution in [0.1, 0.15) is 77.6 Å². The van der Waals surface area contributed by atoms with Crippen molar-refractivity contribution in [1.82, 2.24) is 4.57 Å². The van der Waals surface area contributed by atoms with Crippen molar-refractivity contribution in [3.8, 4) is 27.9 Å². The Bertz CT molecular complexity index is 3900. The van der Waals surface area contributed by atoms with Crippen LogP contribution in [0.3, 0.4) is 0 Å². The number of benzene rings is 8. The third-order valence-electron chi connectivity index (χ3n) is 15.3. The predicted molar refractivity (Wildman–Crippen MR) is 281 cm³/mol. The maximum atomic E-state index is 2.75. The summed E-state index contributed by atoms with van der Waals surface area (Å²) in [7, 11) is 0. The van der Waals surface area contributed by atoms with E-state index < -0.39 is 0 Å². The van der Waals surface area contributed by atoms with E-state index in [1.807, 2.05) is 22.7 Å². The number of rotatable bonds is 1. The maximum absolute atomic E-state index is 2.75. The number of hydrogen-bond acceptors (Lipinski definition) is 3. The molecule has 2 nitrogen and oxygen atoms in total. The van der Waals surface area contributed by atoms with Crippen LogP contribution in [0.4, 0.5) is 11.4 Å². The van der Waals surface area contributed by atoms with Gasteiger partial charge in [0.1, 0.15) is 0 Å². The molecule has 0 bridgehead atoms. The first-order chi connectivity index (χ1) is 30.8. The minimum Gasteiger partial charge on any atom is -0.376 e. The largest absolute Gasteiger partial charge is 0.376 e. The van der Waals surface area contributed by atoms with Crippen LogP contribution in [0.15, 0.2) is 140 Å². The topological polar surface area (TPSA) is 8.17 Å². The summed E-state index contributed by atoms with van der Waals surface area (Å²) in [6, 6.07) is 54.6. The van der Waals surface area contributed by atoms with Gasteiger partial charge in [-0.1, -0.05) is 140 Å². The van der Waals surface area contributed by atoms with Crippen LogP contribution in [-0.2, 0) is 16.2 Å². The van der Waals surface area contributed by atoms with Crippen molar-refractivity contribution < 1.29 is 0 Å². The lowest BCUT2D eigenvalue weighted by Gasteiger charge is -2.43. The first kappa shape index (κ1) is 37.3. The molecule has 3 aliphatic rings. The molecule has 64 heavy (non-hydrogen) atoms. The number of thiophene rings is 2. The molecule has 11 aromatic rings. The molecule has 308 valence electrons. The minimum atomic E-state index is -0.145. The number of anilines is 2. The molecule has 8 aromatic carbocycles. The third-order valence-corrected chi connectivity index (χ3v) is 17.6. The second kappa shape index (κ2) is 12.1. The van der Waals surface area contributed by atoms with Gasteiger partial charge in [0.25, 0.3) is 0 Å². The summed E-state index contributed by atoms with van der Waals surface area (Å²) in [5, 5.41) is 8.16. The van der Waals surface area contributed by atoms with Gasteiger partial charge in [0.15, 0.2) is 0 Å². The Morgan fingerprint density at radius 1 is 0.516 bits per heavy atom. The van der Waals surface area contributed by atoms with Gasteiger partial charge < -0.3 is 9.38 Å². The van der Waals surface area contributed by atoms with E-state index >= 15 is 0 Å². The average molecular weight is 859 g/mol. The predicted octanol–water partition coefficient (Wildman–Crippen LogP) is 15.7. The molecule has 1 aliphatic carbocycles. The molecule has 3 aromatic heterocycles. The summed E-state index contributed by atoms with van der Waals surface area (Å²) in [4.78, 5) is 2.75. The van der Waals surface area contributed by atoms with E-state index in [0.29, 0.717) is 0 Å². The van der Waals surface area contributed by atoms with Gasteiger partial charge in [0.2, 0.25) is 0 Å². The van der Waals surface area contributed by atoms with Crippen molar-refractivity contribution in [1.29, 1.82) is 0 Å². The van der Waals surface area contributed by atoms with Gasteiger partial charge in [-0.25, -0.2) is 0 Å². The Kier molecular flexibility index (Phi) is 7.07. The molecule has 2 aliphatic heterocycles. The maximum Gasteiger partial charge on any atom is 0.333 e. The van der Waals surface area contributed by atoms with Crippen LogP contribution in [0.5, 0.6) is 0 Å². The Labute approximate surface area is 382 Å². The first-order valence-corrected chi connectivity index (χ1v) is 24.5. The van der Waals surface area contributed by atoms with E-state index in [1.165, 1.54) is 135 Å². The summed E-state index contributed by atoms with van der Waals surface area (Å²) >= 11 is 3.91. The van der Waals surface area contributed by atoms with Gasteiger partial charge in [-0.3, -0.25) is 0 Å². The van der Waals surface area contributed by atoms with Gasteiger partial charge in [0.05, 0.1) is 11.0 Å². The number of hydrogen-bond donors (Lipinski definition) is 0. The van der Waals surface area contributed by atoms with E-state index in [-0.39, 0.29) is 23.1 Å². The van der Waals surface area contributed by atoms with Gasteiger partial charge in [-0.2, -0.15) is 0 Å². The second-order valence-corrected chi connectivity index (χ2v) is 23.4. The molecule has 0 spiro atoms. The summed E-state index contributed by atoms with van der Waals surface area (Å²) in [5.74, 6) is 0. The zero-order chi connectivity index (χ0) is 43.3. The minimum absolute atomic E-state index is 0.00374. The van der Waals surface area contributed by atoms with Crippen LogP contribution >= 0.6 is 22.7 Å². The molecule has 0 radical (unpaired) electrons. The van der Waals surface area contributed by atoms with Gasteiger partial charge in [0, 0.05) is 84.7 Å². The highest BCUT2D eigenvalue weighted by Crippen LogP contribution is 2.57. The highest BCUT2D eigenvalue weighted by atomic mass is 32.1. The van der Waals surface area contributed by atoms with E-state index in [2.05, 4.69) is 204 Å². The Balaban J connectivity index is 1.23. The van der Waals surface area contributed by atoms with Gasteiger partial charge in [-0.15, -0.1) is 22.7 Å². The SMILES string of the molecule is CC(C)(C)c1ccc(N2B3c4cc5c(cc4-n4c6ccc(C(C)(C)C)cc6c6c7c(sc8ccccc87)c(c3c64)-c3cc4c(cc32)-c2ccccc2C4(C)C)sc2ccccc25)cc1. The fraction of sp³-hybridized carbons (Fsp3) is 0.186. The van der Waals surface area contributed by atoms with Crippen LogP contribution in [0, 0.1) is 0 Å². The summed E-state index contributed by atoms with van der Waals surface area (Å²) < 4.78 is 8.10. The monoisotopic (exact) mass is 858 g/mol. The van der Waals surface area contributed by atoms with Crippen molar-refractivity contribution in [3.05, 3.63) is 162 Å². The standard InChI is InChI=1S/C59H47BN2S2/c1-57(2,3)32-21-24-34(25-22-32)62-46-30-38-35-15-9-12-18-42(35)59(7,8)43(38)28-41(46)53-54-55-51(52-37-17-11-14-20-49(37)64-56(52)53)40-27-33(58(4,5)6)23-26-45(40)61(55)47-31-50-39(29-44(47)60(54)62)36-16-10-13-19-48(36)63-50/h9-31H,1-8H3. The highest BCUT2D eigenvalue weighted by molar-refractivity contribution is 7.27. The number of nitrogens with zero attached hydrogens (tertiary/aromatic N) is 2. The van der Waals surface area contributed by atoms with E-state index in [4.69, 9.17) is 0 Å². The normalized spacial score (nSPS) is 14.9. The van der Waals surface area contributed by atoms with Crippen molar-refractivity contribution in [2.45, 2.75) is 71.6 Å². The van der Waals surface area contributed by atoms with Crippen LogP contribution in [0.25, 0.3) is 90.1 Å². The number of aromatic nitrogens is 1. The Hall–Kier alpha value is -6.14. The van der Waals surface area contributed by atoms with Crippen molar-refractivity contribution in [2.75, 3.05) is 4.81 Å². The lowest BCUT2D eigenvalue weighted by atomic mass is 9.43. The molecule has 0 atom stereocenters. The van der Waals surface area contributed by atoms with Crippen molar-refractivity contribution in [2.24, 2.45) is 0 Å². The average Bonchev–Trinajstić information content (AvgIpc) is 4.00. The van der Waals surface area contributed by atoms with Crippen LogP contribution < -0.4 is 15.7 Å². The molecule has 0 saturated heterocycles. The summed E-state index contributed by atoms with van der Waals surface area (Å²) in [5.41, 5.74) is 20.1. The second-order valence-electron chi connectivity index (χ2n) is 21.3. The van der Waals surface area contributed by atoms with Gasteiger partial charge in [-0.05, 0) is 110 Å². The smallest absolute Gasteiger partial charge is 0.333 e. The fourth-order valence-corrected chi connectivity index (χ4v) is 14.5. The van der Waals surface area contributed by atoms with E-state index in [9.17, 15) is 0 Å². The van der Waals surface area contributed by atoms with Crippen molar-refractivity contribution in [3.63, 3.8) is 0 Å². The zero-order valence-corrected chi connectivity index (χ0v) is 39.2. The Morgan fingerprint density at radius 2 is 1.20 bits per heavy atom.